The summed E-state index contributed by atoms with van der Waals surface area (Å²) in [5.41, 5.74) is 3.77. The van der Waals surface area contributed by atoms with Gasteiger partial charge in [-0.05, 0) is 74.2 Å². The van der Waals surface area contributed by atoms with Crippen molar-refractivity contribution in [1.29, 1.82) is 0 Å². The average molecular weight is 524 g/mol. The minimum atomic E-state index is -0.661. The van der Waals surface area contributed by atoms with Gasteiger partial charge in [-0.3, -0.25) is 19.5 Å². The highest BCUT2D eigenvalue weighted by molar-refractivity contribution is 6.15. The zero-order valence-corrected chi connectivity index (χ0v) is 22.9. The molecule has 0 atom stereocenters. The third-order valence-corrected chi connectivity index (χ3v) is 9.24. The van der Waals surface area contributed by atoms with Crippen molar-refractivity contribution in [1.82, 2.24) is 19.7 Å². The summed E-state index contributed by atoms with van der Waals surface area (Å²) in [5.74, 6) is 1.81. The highest BCUT2D eigenvalue weighted by atomic mass is 16.2. The number of amides is 2. The van der Waals surface area contributed by atoms with Crippen molar-refractivity contribution < 1.29 is 9.59 Å². The Morgan fingerprint density at radius 2 is 1.69 bits per heavy atom. The number of fused-ring (bicyclic) bond motifs is 1. The summed E-state index contributed by atoms with van der Waals surface area (Å²) >= 11 is 0. The topological polar surface area (TPSA) is 72.0 Å². The van der Waals surface area contributed by atoms with Gasteiger partial charge in [-0.15, -0.1) is 0 Å². The van der Waals surface area contributed by atoms with Crippen molar-refractivity contribution in [3.8, 4) is 11.1 Å². The molecule has 3 aromatic rings. The number of rotatable bonds is 6. The lowest BCUT2D eigenvalue weighted by Gasteiger charge is -2.42. The highest BCUT2D eigenvalue weighted by Crippen LogP contribution is 2.38. The van der Waals surface area contributed by atoms with Crippen LogP contribution >= 0.6 is 0 Å². The van der Waals surface area contributed by atoms with E-state index in [1.165, 1.54) is 10.9 Å². The van der Waals surface area contributed by atoms with E-state index in [0.29, 0.717) is 24.4 Å². The molecular formula is C32H37N5O2. The van der Waals surface area contributed by atoms with Crippen molar-refractivity contribution >= 4 is 28.6 Å². The van der Waals surface area contributed by atoms with Crippen LogP contribution < -0.4 is 0 Å². The van der Waals surface area contributed by atoms with E-state index in [2.05, 4.69) is 72.3 Å². The zero-order chi connectivity index (χ0) is 26.7. The summed E-state index contributed by atoms with van der Waals surface area (Å²) in [4.78, 5) is 41.4. The molecule has 0 unspecified atom stereocenters. The van der Waals surface area contributed by atoms with E-state index >= 15 is 0 Å². The van der Waals surface area contributed by atoms with Crippen LogP contribution in [0.3, 0.4) is 0 Å². The first-order valence-electron chi connectivity index (χ1n) is 14.5. The monoisotopic (exact) mass is 523 g/mol. The van der Waals surface area contributed by atoms with Gasteiger partial charge in [-0.1, -0.05) is 30.3 Å². The number of aromatic nitrogens is 1. The molecule has 4 heterocycles. The molecule has 3 aliphatic heterocycles. The molecule has 0 radical (unpaired) electrons. The number of carbonyl (C=O) groups excluding carboxylic acids is 2. The fraction of sp³-hybridized carbons (Fsp3) is 0.469. The molecule has 7 heteroatoms. The molecule has 4 aliphatic rings. The van der Waals surface area contributed by atoms with Gasteiger partial charge in [0.05, 0.1) is 0 Å². The molecule has 1 aromatic heterocycles. The van der Waals surface area contributed by atoms with Gasteiger partial charge >= 0.3 is 0 Å². The van der Waals surface area contributed by atoms with Crippen molar-refractivity contribution in [2.45, 2.75) is 51.1 Å². The summed E-state index contributed by atoms with van der Waals surface area (Å²) in [6, 6.07) is 17.5. The molecular weight excluding hydrogens is 486 g/mol. The summed E-state index contributed by atoms with van der Waals surface area (Å²) in [5, 5.41) is 1.19. The van der Waals surface area contributed by atoms with Crippen LogP contribution in [0.1, 0.15) is 45.1 Å². The lowest BCUT2D eigenvalue weighted by atomic mass is 9.87. The van der Waals surface area contributed by atoms with Gasteiger partial charge < -0.3 is 14.8 Å². The van der Waals surface area contributed by atoms with Crippen LogP contribution in [0.25, 0.3) is 22.0 Å². The molecule has 202 valence electrons. The quantitative estimate of drug-likeness (QED) is 0.516. The zero-order valence-electron chi connectivity index (χ0n) is 22.9. The lowest BCUT2D eigenvalue weighted by Crippen LogP contribution is -2.57. The minimum Gasteiger partial charge on any atom is -0.361 e. The van der Waals surface area contributed by atoms with Gasteiger partial charge in [0.25, 0.3) is 5.91 Å². The average Bonchev–Trinajstić information content (AvgIpc) is 3.62. The highest BCUT2D eigenvalue weighted by Gasteiger charge is 2.51. The number of piperidine rings is 1. The van der Waals surface area contributed by atoms with E-state index in [0.717, 1.165) is 74.3 Å². The molecule has 1 aliphatic carbocycles. The smallest absolute Gasteiger partial charge is 0.256 e. The van der Waals surface area contributed by atoms with E-state index < -0.39 is 5.54 Å². The van der Waals surface area contributed by atoms with Crippen LogP contribution in [-0.4, -0.2) is 81.6 Å². The number of amidine groups is 1. The van der Waals surface area contributed by atoms with Crippen LogP contribution in [0.2, 0.25) is 0 Å². The predicted octanol–water partition coefficient (Wildman–Crippen LogP) is 4.54. The second-order valence-electron chi connectivity index (χ2n) is 12.3. The van der Waals surface area contributed by atoms with Crippen LogP contribution in [-0.2, 0) is 9.59 Å². The normalized spacial score (nSPS) is 21.7. The van der Waals surface area contributed by atoms with Gasteiger partial charge in [0.2, 0.25) is 5.91 Å². The number of hydrogen-bond acceptors (Lipinski definition) is 4. The Kier molecular flexibility index (Phi) is 5.88. The van der Waals surface area contributed by atoms with E-state index in [4.69, 9.17) is 4.99 Å². The summed E-state index contributed by atoms with van der Waals surface area (Å²) in [7, 11) is 0. The molecule has 39 heavy (non-hydrogen) atoms. The molecule has 1 N–H and O–H groups in total. The van der Waals surface area contributed by atoms with Crippen LogP contribution in [0.15, 0.2) is 59.7 Å². The fourth-order valence-electron chi connectivity index (χ4n) is 6.54. The number of carbonyl (C=O) groups is 2. The maximum Gasteiger partial charge on any atom is 0.256 e. The number of nitrogens with one attached hydrogen (secondary N) is 1. The first kappa shape index (κ1) is 24.6. The first-order chi connectivity index (χ1) is 18.9. The Morgan fingerprint density at radius 3 is 2.38 bits per heavy atom. The number of aliphatic imine (C=N–C) groups is 1. The van der Waals surface area contributed by atoms with Crippen molar-refractivity contribution in [2.75, 3.05) is 32.7 Å². The van der Waals surface area contributed by atoms with Crippen molar-refractivity contribution in [3.05, 3.63) is 60.3 Å². The molecule has 2 amide bonds. The molecule has 7 rings (SSSR count). The molecule has 3 fully saturated rings. The van der Waals surface area contributed by atoms with E-state index in [1.54, 1.807) is 0 Å². The maximum absolute atomic E-state index is 14.0. The lowest BCUT2D eigenvalue weighted by molar-refractivity contribution is -0.140. The Labute approximate surface area is 229 Å². The third-order valence-electron chi connectivity index (χ3n) is 9.24. The predicted molar refractivity (Wildman–Crippen MR) is 153 cm³/mol. The number of hydrogen-bond donors (Lipinski definition) is 1. The Bertz CT molecular complexity index is 1440. The second kappa shape index (κ2) is 9.33. The third kappa shape index (κ3) is 4.37. The van der Waals surface area contributed by atoms with Crippen molar-refractivity contribution in [3.63, 3.8) is 0 Å². The largest absolute Gasteiger partial charge is 0.361 e. The number of nitrogens with zero attached hydrogens (tertiary/aromatic N) is 4. The summed E-state index contributed by atoms with van der Waals surface area (Å²) < 4.78 is 0. The van der Waals surface area contributed by atoms with E-state index in [1.807, 2.05) is 16.0 Å². The molecule has 2 saturated heterocycles. The number of H-pyrrole nitrogens is 1. The maximum atomic E-state index is 14.0. The van der Waals surface area contributed by atoms with E-state index in [9.17, 15) is 9.59 Å². The molecule has 0 bridgehead atoms. The molecule has 1 spiro atoms. The molecule has 2 aromatic carbocycles. The van der Waals surface area contributed by atoms with Gasteiger partial charge in [-0.25, -0.2) is 0 Å². The molecule has 7 nitrogen and oxygen atoms in total. The van der Waals surface area contributed by atoms with Gasteiger partial charge in [0, 0.05) is 67.9 Å². The molecule has 1 saturated carbocycles. The SMILES string of the molecule is CC(C)N1CCC2(CC1)N=C(c1ccc(-c3ccc4[nH]ccc4c3)cc1)N(CC1CN(C(=O)C3CC3)C1)C2=O. The minimum absolute atomic E-state index is 0.148. The van der Waals surface area contributed by atoms with Gasteiger partial charge in [0.1, 0.15) is 11.4 Å². The van der Waals surface area contributed by atoms with Crippen molar-refractivity contribution in [2.24, 2.45) is 16.8 Å². The van der Waals surface area contributed by atoms with Crippen LogP contribution in [0.4, 0.5) is 0 Å². The Balaban J connectivity index is 1.14. The first-order valence-corrected chi connectivity index (χ1v) is 14.5. The van der Waals surface area contributed by atoms with Crippen LogP contribution in [0.5, 0.6) is 0 Å². The second-order valence-corrected chi connectivity index (χ2v) is 12.3. The number of aromatic amines is 1. The van der Waals surface area contributed by atoms with Gasteiger partial charge in [-0.2, -0.15) is 0 Å². The summed E-state index contributed by atoms with van der Waals surface area (Å²) in [6.07, 6.45) is 5.55. The summed E-state index contributed by atoms with van der Waals surface area (Å²) in [6.45, 7) is 8.35. The fourth-order valence-corrected chi connectivity index (χ4v) is 6.54. The standard InChI is InChI=1S/C32H37N5O2/c1-21(2)35-15-12-32(13-16-35)31(39)37(20-22-18-36(19-22)30(38)25-7-8-25)29(34-32)24-5-3-23(4-6-24)26-9-10-28-27(17-26)11-14-33-28/h3-6,9-11,14,17,21-22,25,33H,7-8,12-13,15-16,18-20H2,1-2H3. The van der Waals surface area contributed by atoms with Gasteiger partial charge in [0.15, 0.2) is 0 Å². The van der Waals surface area contributed by atoms with E-state index in [-0.39, 0.29) is 11.8 Å². The number of benzene rings is 2. The van der Waals surface area contributed by atoms with Crippen LogP contribution in [0, 0.1) is 11.8 Å². The Hall–Kier alpha value is -3.45. The number of likely N-dealkylation sites (tertiary alicyclic amines) is 2. The Morgan fingerprint density at radius 1 is 1.00 bits per heavy atom.